The molecular weight excluding hydrogens is 316 g/mol. The van der Waals surface area contributed by atoms with Crippen LogP contribution in [0, 0.1) is 11.8 Å². The van der Waals surface area contributed by atoms with Gasteiger partial charge in [0.1, 0.15) is 11.4 Å². The monoisotopic (exact) mass is 338 g/mol. The van der Waals surface area contributed by atoms with Crippen LogP contribution in [0.2, 0.25) is 5.02 Å². The van der Waals surface area contributed by atoms with E-state index >= 15 is 0 Å². The van der Waals surface area contributed by atoms with Crippen molar-refractivity contribution in [1.29, 1.82) is 0 Å². The lowest BCUT2D eigenvalue weighted by molar-refractivity contribution is 0.0269. The Morgan fingerprint density at radius 2 is 2.04 bits per heavy atom. The van der Waals surface area contributed by atoms with Crippen LogP contribution >= 0.6 is 11.6 Å². The molecule has 6 heteroatoms. The largest absolute Gasteiger partial charge is 0.506 e. The Bertz CT molecular complexity index is 602. The predicted octanol–water partition coefficient (Wildman–Crippen LogP) is 3.00. The Labute approximate surface area is 141 Å². The van der Waals surface area contributed by atoms with Crippen molar-refractivity contribution in [2.75, 3.05) is 13.1 Å². The third-order valence-electron chi connectivity index (χ3n) is 4.44. The molecule has 0 aromatic heterocycles. The Balaban J connectivity index is 1.47. The topological polar surface area (TPSA) is 61.8 Å². The number of aromatic hydroxyl groups is 1. The molecule has 1 saturated carbocycles. The van der Waals surface area contributed by atoms with Crippen LogP contribution in [-0.2, 0) is 11.3 Å². The Morgan fingerprint density at radius 1 is 1.39 bits per heavy atom. The average molecular weight is 339 g/mol. The van der Waals surface area contributed by atoms with Crippen molar-refractivity contribution in [3.05, 3.63) is 28.8 Å². The highest BCUT2D eigenvalue weighted by molar-refractivity contribution is 6.32. The SMILES string of the molecule is CC(C)(C)OC(=O)N1CC2C(C1)C2NCc1cccc(Cl)c1O. The van der Waals surface area contributed by atoms with Gasteiger partial charge in [-0.15, -0.1) is 0 Å². The van der Waals surface area contributed by atoms with Gasteiger partial charge in [0.05, 0.1) is 5.02 Å². The van der Waals surface area contributed by atoms with Crippen molar-refractivity contribution in [1.82, 2.24) is 10.2 Å². The number of amides is 1. The minimum absolute atomic E-state index is 0.142. The van der Waals surface area contributed by atoms with Gasteiger partial charge >= 0.3 is 6.09 Å². The predicted molar refractivity (Wildman–Crippen MR) is 88.5 cm³/mol. The van der Waals surface area contributed by atoms with Crippen molar-refractivity contribution in [2.45, 2.75) is 39.0 Å². The molecule has 1 heterocycles. The lowest BCUT2D eigenvalue weighted by Crippen LogP contribution is -2.39. The molecule has 1 aliphatic heterocycles. The van der Waals surface area contributed by atoms with Gasteiger partial charge in [-0.25, -0.2) is 4.79 Å². The highest BCUT2D eigenvalue weighted by Gasteiger charge is 2.56. The van der Waals surface area contributed by atoms with E-state index in [1.807, 2.05) is 32.9 Å². The van der Waals surface area contributed by atoms with E-state index in [2.05, 4.69) is 5.32 Å². The minimum Gasteiger partial charge on any atom is -0.506 e. The third kappa shape index (κ3) is 3.56. The summed E-state index contributed by atoms with van der Waals surface area (Å²) < 4.78 is 5.40. The molecule has 5 nitrogen and oxygen atoms in total. The van der Waals surface area contributed by atoms with Crippen molar-refractivity contribution >= 4 is 17.7 Å². The highest BCUT2D eigenvalue weighted by Crippen LogP contribution is 2.46. The number of hydrogen-bond acceptors (Lipinski definition) is 4. The summed E-state index contributed by atoms with van der Waals surface area (Å²) in [4.78, 5) is 13.8. The first-order valence-electron chi connectivity index (χ1n) is 7.94. The first kappa shape index (κ1) is 16.4. The molecule has 2 aliphatic rings. The molecule has 2 fully saturated rings. The smallest absolute Gasteiger partial charge is 0.410 e. The van der Waals surface area contributed by atoms with E-state index in [0.717, 1.165) is 18.7 Å². The second kappa shape index (κ2) is 5.87. The van der Waals surface area contributed by atoms with Crippen LogP contribution in [0.3, 0.4) is 0 Å². The molecule has 1 saturated heterocycles. The van der Waals surface area contributed by atoms with Crippen LogP contribution in [-0.4, -0.2) is 40.8 Å². The summed E-state index contributed by atoms with van der Waals surface area (Å²) in [5, 5.41) is 13.7. The fraction of sp³-hybridized carbons (Fsp3) is 0.588. The number of hydrogen-bond donors (Lipinski definition) is 2. The quantitative estimate of drug-likeness (QED) is 0.889. The number of piperidine rings is 1. The van der Waals surface area contributed by atoms with Crippen LogP contribution in [0.15, 0.2) is 18.2 Å². The van der Waals surface area contributed by atoms with Crippen LogP contribution in [0.4, 0.5) is 4.79 Å². The molecule has 0 bridgehead atoms. The minimum atomic E-state index is -0.453. The van der Waals surface area contributed by atoms with Gasteiger partial charge in [-0.05, 0) is 38.7 Å². The Hall–Kier alpha value is -1.46. The molecule has 3 rings (SSSR count). The van der Waals surface area contributed by atoms with E-state index in [-0.39, 0.29) is 11.8 Å². The number of para-hydroxylation sites is 1. The summed E-state index contributed by atoms with van der Waals surface area (Å²) in [7, 11) is 0. The number of carbonyl (C=O) groups is 1. The molecule has 1 amide bonds. The van der Waals surface area contributed by atoms with Gasteiger partial charge in [-0.1, -0.05) is 23.7 Å². The van der Waals surface area contributed by atoms with Gasteiger partial charge in [0.2, 0.25) is 0 Å². The summed E-state index contributed by atoms with van der Waals surface area (Å²) in [5.74, 6) is 1.09. The summed E-state index contributed by atoms with van der Waals surface area (Å²) in [6.07, 6.45) is -0.226. The zero-order chi connectivity index (χ0) is 16.8. The number of fused-ring (bicyclic) bond motifs is 1. The summed E-state index contributed by atoms with van der Waals surface area (Å²) in [5.41, 5.74) is 0.345. The van der Waals surface area contributed by atoms with Crippen LogP contribution in [0.1, 0.15) is 26.3 Å². The van der Waals surface area contributed by atoms with Crippen LogP contribution in [0.5, 0.6) is 5.75 Å². The maximum absolute atomic E-state index is 12.0. The molecule has 126 valence electrons. The van der Waals surface area contributed by atoms with E-state index in [0.29, 0.717) is 29.4 Å². The maximum Gasteiger partial charge on any atom is 0.410 e. The highest BCUT2D eigenvalue weighted by atomic mass is 35.5. The van der Waals surface area contributed by atoms with E-state index in [1.54, 1.807) is 11.0 Å². The summed E-state index contributed by atoms with van der Waals surface area (Å²) in [6, 6.07) is 5.76. The molecule has 1 aliphatic carbocycles. The molecule has 2 N–H and O–H groups in total. The number of nitrogens with one attached hydrogen (secondary N) is 1. The van der Waals surface area contributed by atoms with E-state index in [1.165, 1.54) is 0 Å². The second-order valence-electron chi connectivity index (χ2n) is 7.37. The van der Waals surface area contributed by atoms with Crippen molar-refractivity contribution in [2.24, 2.45) is 11.8 Å². The lowest BCUT2D eigenvalue weighted by atomic mass is 10.2. The van der Waals surface area contributed by atoms with Crippen LogP contribution in [0.25, 0.3) is 0 Å². The Kier molecular flexibility index (Phi) is 4.19. The van der Waals surface area contributed by atoms with Crippen LogP contribution < -0.4 is 5.32 Å². The maximum atomic E-state index is 12.0. The first-order valence-corrected chi connectivity index (χ1v) is 8.32. The number of nitrogens with zero attached hydrogens (tertiary/aromatic N) is 1. The van der Waals surface area contributed by atoms with E-state index < -0.39 is 5.60 Å². The third-order valence-corrected chi connectivity index (χ3v) is 4.75. The second-order valence-corrected chi connectivity index (χ2v) is 7.77. The number of phenols is 1. The van der Waals surface area contributed by atoms with E-state index in [9.17, 15) is 9.90 Å². The number of phenolic OH excluding ortho intramolecular Hbond substituents is 1. The fourth-order valence-electron chi connectivity index (χ4n) is 3.24. The van der Waals surface area contributed by atoms with Gasteiger partial charge in [0.15, 0.2) is 0 Å². The number of carbonyl (C=O) groups excluding carboxylic acids is 1. The molecule has 1 aromatic carbocycles. The van der Waals surface area contributed by atoms with Crippen molar-refractivity contribution in [3.63, 3.8) is 0 Å². The zero-order valence-electron chi connectivity index (χ0n) is 13.7. The van der Waals surface area contributed by atoms with Gasteiger partial charge < -0.3 is 20.1 Å². The molecule has 23 heavy (non-hydrogen) atoms. The van der Waals surface area contributed by atoms with Crippen molar-refractivity contribution < 1.29 is 14.6 Å². The molecule has 0 radical (unpaired) electrons. The number of halogens is 1. The fourth-order valence-corrected chi connectivity index (χ4v) is 3.43. The van der Waals surface area contributed by atoms with Gasteiger partial charge in [-0.3, -0.25) is 0 Å². The number of benzene rings is 1. The Morgan fingerprint density at radius 3 is 2.65 bits per heavy atom. The van der Waals surface area contributed by atoms with Crippen molar-refractivity contribution in [3.8, 4) is 5.75 Å². The molecule has 2 atom stereocenters. The first-order chi connectivity index (χ1) is 10.8. The summed E-state index contributed by atoms with van der Waals surface area (Å²) in [6.45, 7) is 7.69. The molecule has 0 spiro atoms. The van der Waals surface area contributed by atoms with E-state index in [4.69, 9.17) is 16.3 Å². The zero-order valence-corrected chi connectivity index (χ0v) is 14.4. The van der Waals surface area contributed by atoms with Gasteiger partial charge in [0.25, 0.3) is 0 Å². The molecule has 1 aromatic rings. The molecular formula is C17H23ClN2O3. The standard InChI is InChI=1S/C17H23ClN2O3/c1-17(2,3)23-16(22)20-8-11-12(9-20)14(11)19-7-10-5-4-6-13(18)15(10)21/h4-6,11-12,14,19,21H,7-9H2,1-3H3. The van der Waals surface area contributed by atoms with Gasteiger partial charge in [0, 0.05) is 31.2 Å². The molecule has 2 unspecified atom stereocenters. The number of rotatable bonds is 3. The average Bonchev–Trinajstić information content (AvgIpc) is 2.90. The lowest BCUT2D eigenvalue weighted by Gasteiger charge is -2.26. The number of ether oxygens (including phenoxy) is 1. The normalized spacial score (nSPS) is 26.1. The summed E-state index contributed by atoms with van der Waals surface area (Å²) >= 11 is 5.91. The number of likely N-dealkylation sites (tertiary alicyclic amines) is 1. The van der Waals surface area contributed by atoms with Gasteiger partial charge in [-0.2, -0.15) is 0 Å².